The maximum atomic E-state index is 12.3. The normalized spacial score (nSPS) is 43.1. The zero-order valence-electron chi connectivity index (χ0n) is 63.9. The number of ether oxygens (including phenoxy) is 6. The number of aliphatic hydroxyl groups excluding tert-OH is 2. The number of esters is 4. The summed E-state index contributed by atoms with van der Waals surface area (Å²) in [5.41, 5.74) is 5.94. The van der Waals surface area contributed by atoms with Crippen LogP contribution in [-0.2, 0) is 52.4 Å². The lowest BCUT2D eigenvalue weighted by Crippen LogP contribution is -2.51. The van der Waals surface area contributed by atoms with Crippen LogP contribution < -0.4 is 0 Å². The number of carbonyl (C=O) groups is 5. The first-order valence-electron chi connectivity index (χ1n) is 42.0. The van der Waals surface area contributed by atoms with Gasteiger partial charge in [0, 0.05) is 56.8 Å². The molecule has 0 aromatic heterocycles. The van der Waals surface area contributed by atoms with Crippen LogP contribution in [0, 0.1) is 114 Å². The molecule has 5 heterocycles. The van der Waals surface area contributed by atoms with Crippen molar-refractivity contribution >= 4 is 45.6 Å². The van der Waals surface area contributed by atoms with Crippen molar-refractivity contribution in [2.45, 2.75) is 364 Å². The molecule has 18 fully saturated rings. The number of allylic oxidation sites excluding steroid dienone is 4. The number of halogens is 1. The number of rotatable bonds is 13. The Labute approximate surface area is 642 Å². The predicted molar refractivity (Wildman–Crippen MR) is 416 cm³/mol. The second kappa shape index (κ2) is 30.7. The Morgan fingerprint density at radius 2 is 0.819 bits per heavy atom. The van der Waals surface area contributed by atoms with E-state index < -0.39 is 12.2 Å². The van der Waals surface area contributed by atoms with Crippen LogP contribution in [0.3, 0.4) is 0 Å². The second-order valence-electron chi connectivity index (χ2n) is 39.5. The van der Waals surface area contributed by atoms with Crippen LogP contribution in [-0.4, -0.2) is 95.5 Å². The lowest BCUT2D eigenvalue weighted by molar-refractivity contribution is -0.241. The van der Waals surface area contributed by atoms with Crippen molar-refractivity contribution in [1.29, 1.82) is 0 Å². The van der Waals surface area contributed by atoms with Crippen molar-refractivity contribution in [3.8, 4) is 0 Å². The Balaban J connectivity index is 0.000000132. The van der Waals surface area contributed by atoms with E-state index in [0.717, 1.165) is 171 Å². The van der Waals surface area contributed by atoms with E-state index in [1.807, 2.05) is 0 Å². The molecular weight excluding hydrogens is 1380 g/mol. The predicted octanol–water partition coefficient (Wildman–Crippen LogP) is 20.7. The summed E-state index contributed by atoms with van der Waals surface area (Å²) in [6.07, 6.45) is 45.4. The van der Waals surface area contributed by atoms with Gasteiger partial charge in [0.1, 0.15) is 30.2 Å². The highest BCUT2D eigenvalue weighted by Crippen LogP contribution is 2.67. The van der Waals surface area contributed by atoms with Gasteiger partial charge in [0.2, 0.25) is 0 Å². The molecule has 18 aliphatic rings. The van der Waals surface area contributed by atoms with Gasteiger partial charge in [0.15, 0.2) is 5.79 Å². The van der Waals surface area contributed by atoms with Crippen molar-refractivity contribution < 1.29 is 62.6 Å². The molecule has 0 radical (unpaired) electrons. The quantitative estimate of drug-likeness (QED) is 0.131. The Morgan fingerprint density at radius 1 is 0.457 bits per heavy atom. The van der Waals surface area contributed by atoms with Crippen LogP contribution >= 0.6 is 15.9 Å². The summed E-state index contributed by atoms with van der Waals surface area (Å²) < 4.78 is 35.3. The Bertz CT molecular complexity index is 3300. The van der Waals surface area contributed by atoms with Gasteiger partial charge in [0.25, 0.3) is 0 Å². The van der Waals surface area contributed by atoms with Gasteiger partial charge in [-0.05, 0) is 296 Å². The third-order valence-corrected chi connectivity index (χ3v) is 34.0. The summed E-state index contributed by atoms with van der Waals surface area (Å²) in [7, 11) is 0. The van der Waals surface area contributed by atoms with Crippen LogP contribution in [0.2, 0.25) is 0 Å². The maximum Gasteiger partial charge on any atom is 0.312 e. The molecule has 5 spiro atoms. The van der Waals surface area contributed by atoms with Crippen LogP contribution in [0.25, 0.3) is 0 Å². The van der Waals surface area contributed by atoms with Gasteiger partial charge in [-0.2, -0.15) is 0 Å². The average molecular weight is 1520 g/mol. The zero-order chi connectivity index (χ0) is 71.7. The zero-order valence-corrected chi connectivity index (χ0v) is 65.5. The van der Waals surface area contributed by atoms with E-state index in [2.05, 4.69) is 95.0 Å². The van der Waals surface area contributed by atoms with E-state index in [4.69, 9.17) is 28.4 Å². The number of cyclic esters (lactones) is 4. The van der Waals surface area contributed by atoms with Gasteiger partial charge < -0.3 is 38.6 Å². The van der Waals surface area contributed by atoms with E-state index in [9.17, 15) is 34.2 Å². The number of Topliss-reactive ketones (excluding diaryl/α,β-unsaturated/α-hetero) is 1. The van der Waals surface area contributed by atoms with Gasteiger partial charge in [-0.25, -0.2) is 0 Å². The van der Waals surface area contributed by atoms with Crippen molar-refractivity contribution in [2.75, 3.05) is 13.2 Å². The first kappa shape index (κ1) is 81.3. The molecule has 22 atom stereocenters. The molecule has 0 bridgehead atoms. The molecule has 105 heavy (non-hydrogen) atoms. The standard InChI is InChI=1S/C28H40O4.C21H32O4.C20H29BrO2.C19H28O3.3CH4/c1-17(13-22-16-28(11-12-28)26(31)32-22)23-8-9-24-19(5-4-10-27(23,24)3)6-7-20-14-21(29)15-25(30)18(20)2;1-14(12-15-13-20(8-9-20)18(22)25-15)16-4-5-17-19(16,2)6-3-7-21(17)23-10-11-24-21;1-13(10-15-11-20(8-9-20)18(22)23-15)16-5-6-17-14(12-21)4-3-7-19(16,17)2;1-12(10-13-11-19(8-9-19)17(21)22-13)14-5-6-15-16(20)4-3-7-18(14,15)2;;;/h6-7,17,21-25,29-30H,2,4-5,8-16H2,1,3H3;14-17H,3-13H2,1-2H3;12-13,15-17H,3-11H2,1-2H3;12-15H,3-11H2,1-2H3;3*1H4/b19-6+,20-7-;;14-12+;;;;/t17-,21-,22?,23-,24?,25+,27-;14-,15?,16-,17?,19-;13-,15?,16-,17?,19-;12-,13?,14-,15?,18-;;;/m1111.../s1. The highest BCUT2D eigenvalue weighted by atomic mass is 79.9. The van der Waals surface area contributed by atoms with E-state index in [-0.39, 0.29) is 103 Å². The number of hydrogen-bond acceptors (Lipinski definition) is 13. The first-order valence-corrected chi connectivity index (χ1v) is 42.9. The Kier molecular flexibility index (Phi) is 23.8. The third-order valence-electron chi connectivity index (χ3n) is 33.4. The van der Waals surface area contributed by atoms with Crippen molar-refractivity contribution in [2.24, 2.45) is 114 Å². The van der Waals surface area contributed by atoms with Gasteiger partial charge in [-0.3, -0.25) is 24.0 Å². The molecule has 0 aromatic rings. The van der Waals surface area contributed by atoms with E-state index >= 15 is 0 Å². The second-order valence-corrected chi connectivity index (χ2v) is 40.0. The Morgan fingerprint density at radius 3 is 1.23 bits per heavy atom. The molecule has 14 heteroatoms. The fraction of sp³-hybridized carbons (Fsp3) is 0.857. The first-order chi connectivity index (χ1) is 48.6. The fourth-order valence-corrected chi connectivity index (χ4v) is 27.7. The minimum atomic E-state index is -0.629. The van der Waals surface area contributed by atoms with Crippen molar-refractivity contribution in [3.05, 3.63) is 46.0 Å². The number of hydrogen-bond donors (Lipinski definition) is 2. The molecule has 13 aliphatic carbocycles. The Hall–Kier alpha value is -3.17. The molecule has 5 saturated heterocycles. The molecule has 8 unspecified atom stereocenters. The minimum absolute atomic E-state index is 0. The lowest BCUT2D eigenvalue weighted by Gasteiger charge is -2.50. The van der Waals surface area contributed by atoms with Gasteiger partial charge in [0.05, 0.1) is 47.1 Å². The molecule has 18 rings (SSSR count). The summed E-state index contributed by atoms with van der Waals surface area (Å²) in [5.74, 6) is 7.88. The van der Waals surface area contributed by atoms with Crippen LogP contribution in [0.1, 0.15) is 322 Å². The molecule has 590 valence electrons. The average Bonchev–Trinajstić information content (AvgIpc) is 1.59. The third kappa shape index (κ3) is 15.0. The molecule has 13 nitrogen and oxygen atoms in total. The highest BCUT2D eigenvalue weighted by Gasteiger charge is 2.65. The van der Waals surface area contributed by atoms with Gasteiger partial charge in [-0.1, -0.05) is 123 Å². The molecule has 5 aliphatic heterocycles. The van der Waals surface area contributed by atoms with Gasteiger partial charge >= 0.3 is 23.9 Å². The fourth-order valence-electron chi connectivity index (χ4n) is 27.1. The minimum Gasteiger partial charge on any atom is -0.462 e. The van der Waals surface area contributed by atoms with Crippen LogP contribution in [0.5, 0.6) is 0 Å². The molecule has 0 amide bonds. The maximum absolute atomic E-state index is 12.3. The smallest absolute Gasteiger partial charge is 0.312 e. The molecule has 0 aromatic carbocycles. The topological polar surface area (TPSA) is 181 Å². The lowest BCUT2D eigenvalue weighted by atomic mass is 9.60. The van der Waals surface area contributed by atoms with Gasteiger partial charge in [-0.15, -0.1) is 0 Å². The highest BCUT2D eigenvalue weighted by molar-refractivity contribution is 9.11. The van der Waals surface area contributed by atoms with Crippen molar-refractivity contribution in [1.82, 2.24) is 0 Å². The van der Waals surface area contributed by atoms with Crippen LogP contribution in [0.15, 0.2) is 46.0 Å². The van der Waals surface area contributed by atoms with E-state index in [0.29, 0.717) is 94.0 Å². The number of fused-ring (bicyclic) bond motifs is 5. The number of aliphatic hydroxyl groups is 2. The summed E-state index contributed by atoms with van der Waals surface area (Å²) >= 11 is 3.61. The molecule has 2 N–H and O–H groups in total. The SMILES string of the molecule is C.C.C.C=C1/C(=C\C=C2/CCC[C@@]3(C)C2CC[C@@H]3[C@H](C)CC2CC3(CC3)C(=O)O2)C[C@@H](O)C[C@@H]1O.C[C@H](CC1CC2(CC2)C(=O)O1)[C@H]1CCC2/C(=C/Br)CCC[C@@]21C.C[C@H](CC1CC2(CC2)C(=O)O1)[C@H]1CCC2C(=O)CCC[C@@]21C.C[C@H](CC1CC2(CC2)C(=O)O1)[C@H]1CCC2C3(CCC[C@@]21C)OCCO3. The monoisotopic (exact) mass is 1520 g/mol. The summed E-state index contributed by atoms with van der Waals surface area (Å²) in [5, 5.41) is 20.2. The summed E-state index contributed by atoms with van der Waals surface area (Å²) in [6.45, 7) is 25.0. The number of carbonyl (C=O) groups excluding carboxylic acids is 5. The summed E-state index contributed by atoms with van der Waals surface area (Å²) in [4.78, 5) is 62.7. The number of ketones is 1. The van der Waals surface area contributed by atoms with Crippen molar-refractivity contribution in [3.63, 3.8) is 0 Å². The van der Waals surface area contributed by atoms with E-state index in [1.54, 1.807) is 5.57 Å². The molecule has 13 saturated carbocycles. The van der Waals surface area contributed by atoms with Crippen LogP contribution in [0.4, 0.5) is 0 Å². The summed E-state index contributed by atoms with van der Waals surface area (Å²) in [6, 6.07) is 0. The molecular formula is C91H141BrO13. The van der Waals surface area contributed by atoms with E-state index in [1.165, 1.54) is 102 Å². The largest absolute Gasteiger partial charge is 0.462 e.